The zero-order valence-electron chi connectivity index (χ0n) is 23.3. The zero-order valence-corrected chi connectivity index (χ0v) is 24.8. The molecule has 42 heavy (non-hydrogen) atoms. The molecule has 1 unspecified atom stereocenters. The van der Waals surface area contributed by atoms with E-state index in [0.717, 1.165) is 27.8 Å². The number of nitro groups is 1. The number of nitro benzene ring substituents is 1. The molecule has 0 bridgehead atoms. The van der Waals surface area contributed by atoms with Crippen LogP contribution in [-0.4, -0.2) is 10.7 Å². The van der Waals surface area contributed by atoms with Crippen LogP contribution in [0.5, 0.6) is 5.75 Å². The fourth-order valence-corrected chi connectivity index (χ4v) is 6.21. The Hall–Kier alpha value is -4.32. The van der Waals surface area contributed by atoms with Gasteiger partial charge in [0, 0.05) is 33.8 Å². The first-order valence-corrected chi connectivity index (χ1v) is 14.2. The quantitative estimate of drug-likeness (QED) is 0.226. The van der Waals surface area contributed by atoms with E-state index >= 15 is 0 Å². The number of allylic oxidation sites excluding steroid dienone is 3. The Morgan fingerprint density at radius 2 is 1.76 bits per heavy atom. The summed E-state index contributed by atoms with van der Waals surface area (Å²) in [6, 6.07) is 15.9. The molecule has 0 radical (unpaired) electrons. The van der Waals surface area contributed by atoms with E-state index in [2.05, 4.69) is 6.07 Å². The Labute approximate surface area is 253 Å². The molecule has 2 aliphatic rings. The van der Waals surface area contributed by atoms with Crippen molar-refractivity contribution in [2.45, 2.75) is 52.6 Å². The van der Waals surface area contributed by atoms with Crippen LogP contribution in [0.4, 0.5) is 11.4 Å². The fourth-order valence-electron chi connectivity index (χ4n) is 5.82. The summed E-state index contributed by atoms with van der Waals surface area (Å²) in [6.07, 6.45) is 1.33. The van der Waals surface area contributed by atoms with Crippen molar-refractivity contribution < 1.29 is 14.5 Å². The van der Waals surface area contributed by atoms with Crippen molar-refractivity contribution in [3.63, 3.8) is 0 Å². The van der Waals surface area contributed by atoms with Gasteiger partial charge in [-0.15, -0.1) is 0 Å². The Balaban J connectivity index is 1.65. The van der Waals surface area contributed by atoms with Crippen molar-refractivity contribution in [2.75, 3.05) is 4.90 Å². The SMILES string of the molecule is Cc1cc(C)c(C2C(C#N)=C(N)N(c3ccc(Cl)cc3[N+](=O)[O-])C3=C2C(=O)CCC3)cc1COc1ccc(Cl)cc1C. The number of ether oxygens (including phenoxy) is 1. The second kappa shape index (κ2) is 11.5. The van der Waals surface area contributed by atoms with E-state index < -0.39 is 10.8 Å². The molecule has 0 aromatic heterocycles. The number of hydrogen-bond acceptors (Lipinski definition) is 7. The fraction of sp³-hybridized carbons (Fsp3) is 0.250. The molecule has 1 aliphatic heterocycles. The number of anilines is 1. The highest BCUT2D eigenvalue weighted by Crippen LogP contribution is 2.49. The lowest BCUT2D eigenvalue weighted by atomic mass is 9.74. The van der Waals surface area contributed by atoms with Gasteiger partial charge in [-0.1, -0.05) is 35.3 Å². The van der Waals surface area contributed by atoms with Gasteiger partial charge in [0.1, 0.15) is 23.9 Å². The second-order valence-corrected chi connectivity index (χ2v) is 11.4. The van der Waals surface area contributed by atoms with E-state index in [1.807, 2.05) is 45.0 Å². The Bertz CT molecular complexity index is 1760. The predicted octanol–water partition coefficient (Wildman–Crippen LogP) is 7.71. The number of aryl methyl sites for hydroxylation is 3. The number of nitrogens with zero attached hydrogens (tertiary/aromatic N) is 3. The lowest BCUT2D eigenvalue weighted by molar-refractivity contribution is -0.384. The summed E-state index contributed by atoms with van der Waals surface area (Å²) in [5, 5.41) is 23.2. The number of rotatable bonds is 6. The lowest BCUT2D eigenvalue weighted by Gasteiger charge is -2.39. The van der Waals surface area contributed by atoms with Crippen LogP contribution in [0, 0.1) is 42.2 Å². The average Bonchev–Trinajstić information content (AvgIpc) is 2.93. The smallest absolute Gasteiger partial charge is 0.294 e. The van der Waals surface area contributed by atoms with Crippen LogP contribution in [0.1, 0.15) is 53.0 Å². The Morgan fingerprint density at radius 1 is 1.05 bits per heavy atom. The number of ketones is 1. The summed E-state index contributed by atoms with van der Waals surface area (Å²) in [4.78, 5) is 26.6. The molecule has 2 N–H and O–H groups in total. The van der Waals surface area contributed by atoms with Gasteiger partial charge in [-0.05, 0) is 91.8 Å². The molecule has 8 nitrogen and oxygen atoms in total. The third-order valence-electron chi connectivity index (χ3n) is 7.84. The standard InChI is InChI=1S/C32H28Cl2N4O4/c1-17-11-18(2)23(13-20(17)16-42-29-10-8-21(33)12-19(29)3)30-24(15-35)32(36)37(26-5-4-6-28(39)31(26)30)25-9-7-22(34)14-27(25)38(40)41/h7-14,30H,4-6,16,36H2,1-3H3. The van der Waals surface area contributed by atoms with E-state index in [-0.39, 0.29) is 40.2 Å². The van der Waals surface area contributed by atoms with E-state index in [1.54, 1.807) is 6.07 Å². The van der Waals surface area contributed by atoms with E-state index in [0.29, 0.717) is 41.3 Å². The van der Waals surface area contributed by atoms with Crippen LogP contribution < -0.4 is 15.4 Å². The highest BCUT2D eigenvalue weighted by atomic mass is 35.5. The summed E-state index contributed by atoms with van der Waals surface area (Å²) < 4.78 is 6.14. The van der Waals surface area contributed by atoms with E-state index in [4.69, 9.17) is 33.7 Å². The number of nitrogens with two attached hydrogens (primary N) is 1. The topological polar surface area (TPSA) is 122 Å². The van der Waals surface area contributed by atoms with Crippen LogP contribution in [0.25, 0.3) is 0 Å². The van der Waals surface area contributed by atoms with Gasteiger partial charge in [0.15, 0.2) is 5.78 Å². The van der Waals surface area contributed by atoms with Crippen LogP contribution >= 0.6 is 23.2 Å². The van der Waals surface area contributed by atoms with Crippen LogP contribution in [0.3, 0.4) is 0 Å². The lowest BCUT2D eigenvalue weighted by Crippen LogP contribution is -2.39. The van der Waals surface area contributed by atoms with Crippen molar-refractivity contribution in [1.82, 2.24) is 0 Å². The number of Topliss-reactive ketones (excluding diaryl/α,β-unsaturated/α-hetero) is 1. The van der Waals surface area contributed by atoms with Gasteiger partial charge in [0.2, 0.25) is 0 Å². The highest BCUT2D eigenvalue weighted by Gasteiger charge is 2.42. The number of halogens is 2. The molecule has 1 atom stereocenters. The van der Waals surface area contributed by atoms with Crippen molar-refractivity contribution in [3.05, 3.63) is 119 Å². The molecular formula is C32H28Cl2N4O4. The molecule has 0 saturated carbocycles. The third kappa shape index (κ3) is 5.22. The largest absolute Gasteiger partial charge is 0.489 e. The molecule has 0 saturated heterocycles. The summed E-state index contributed by atoms with van der Waals surface area (Å²) in [7, 11) is 0. The maximum atomic E-state index is 13.6. The second-order valence-electron chi connectivity index (χ2n) is 10.5. The van der Waals surface area contributed by atoms with Crippen molar-refractivity contribution in [1.29, 1.82) is 5.26 Å². The Morgan fingerprint density at radius 3 is 2.45 bits per heavy atom. The van der Waals surface area contributed by atoms with Gasteiger partial charge in [-0.25, -0.2) is 0 Å². The molecule has 3 aromatic rings. The van der Waals surface area contributed by atoms with Gasteiger partial charge in [0.25, 0.3) is 5.69 Å². The molecule has 0 amide bonds. The number of hydrogen-bond donors (Lipinski definition) is 1. The molecule has 0 fully saturated rings. The maximum Gasteiger partial charge on any atom is 0.294 e. The van der Waals surface area contributed by atoms with Crippen LogP contribution in [0.15, 0.2) is 71.2 Å². The van der Waals surface area contributed by atoms with Crippen molar-refractivity contribution in [3.8, 4) is 11.8 Å². The Kier molecular flexibility index (Phi) is 8.00. The maximum absolute atomic E-state index is 13.6. The minimum atomic E-state index is -0.725. The summed E-state index contributed by atoms with van der Waals surface area (Å²) in [6.45, 7) is 6.10. The first kappa shape index (κ1) is 29.2. The summed E-state index contributed by atoms with van der Waals surface area (Å²) in [5.41, 5.74) is 12.2. The molecule has 0 spiro atoms. The molecule has 10 heteroatoms. The highest BCUT2D eigenvalue weighted by molar-refractivity contribution is 6.31. The molecule has 1 heterocycles. The summed E-state index contributed by atoms with van der Waals surface area (Å²) >= 11 is 12.2. The van der Waals surface area contributed by atoms with E-state index in [9.17, 15) is 20.2 Å². The first-order chi connectivity index (χ1) is 20.0. The third-order valence-corrected chi connectivity index (χ3v) is 8.31. The minimum absolute atomic E-state index is 0.0518. The van der Waals surface area contributed by atoms with Gasteiger partial charge in [-0.3, -0.25) is 19.8 Å². The number of nitriles is 1. The average molecular weight is 604 g/mol. The predicted molar refractivity (Wildman–Crippen MR) is 162 cm³/mol. The normalized spacial score (nSPS) is 16.8. The van der Waals surface area contributed by atoms with Crippen LogP contribution in [0.2, 0.25) is 10.0 Å². The minimum Gasteiger partial charge on any atom is -0.489 e. The van der Waals surface area contributed by atoms with Crippen molar-refractivity contribution in [2.24, 2.45) is 5.73 Å². The molecule has 214 valence electrons. The van der Waals surface area contributed by atoms with Crippen LogP contribution in [-0.2, 0) is 11.4 Å². The number of carbonyl (C=O) groups is 1. The molecule has 3 aromatic carbocycles. The first-order valence-electron chi connectivity index (χ1n) is 13.4. The van der Waals surface area contributed by atoms with Crippen molar-refractivity contribution >= 4 is 40.4 Å². The molecule has 5 rings (SSSR count). The van der Waals surface area contributed by atoms with E-state index in [1.165, 1.54) is 23.1 Å². The summed E-state index contributed by atoms with van der Waals surface area (Å²) in [5.74, 6) is -0.0845. The van der Waals surface area contributed by atoms with Gasteiger partial charge < -0.3 is 10.5 Å². The number of benzene rings is 3. The van der Waals surface area contributed by atoms with Gasteiger partial charge in [-0.2, -0.15) is 5.26 Å². The van der Waals surface area contributed by atoms with Gasteiger partial charge in [0.05, 0.1) is 22.5 Å². The number of carbonyl (C=O) groups excluding carboxylic acids is 1. The monoisotopic (exact) mass is 602 g/mol. The zero-order chi connectivity index (χ0) is 30.3. The van der Waals surface area contributed by atoms with Gasteiger partial charge >= 0.3 is 0 Å². The molecule has 1 aliphatic carbocycles. The molecular weight excluding hydrogens is 575 g/mol.